The van der Waals surface area contributed by atoms with Crippen LogP contribution >= 0.6 is 23.4 Å². The first-order valence-corrected chi connectivity index (χ1v) is 10.4. The van der Waals surface area contributed by atoms with E-state index in [-0.39, 0.29) is 17.0 Å². The van der Waals surface area contributed by atoms with Gasteiger partial charge in [0.2, 0.25) is 0 Å². The lowest BCUT2D eigenvalue weighted by molar-refractivity contribution is 0.0172. The maximum atomic E-state index is 6.40. The Morgan fingerprint density at radius 2 is 1.96 bits per heavy atom. The van der Waals surface area contributed by atoms with Crippen molar-refractivity contribution >= 4 is 23.4 Å². The van der Waals surface area contributed by atoms with E-state index in [1.165, 1.54) is 32.1 Å². The molecular formula is C15H28ClN5OS. The van der Waals surface area contributed by atoms with Gasteiger partial charge in [0.15, 0.2) is 0 Å². The molecule has 0 amide bonds. The summed E-state index contributed by atoms with van der Waals surface area (Å²) in [5.41, 5.74) is 10.7. The molecule has 0 bridgehead atoms. The van der Waals surface area contributed by atoms with Crippen LogP contribution in [0, 0.1) is 0 Å². The molecule has 4 fully saturated rings. The number of rotatable bonds is 4. The summed E-state index contributed by atoms with van der Waals surface area (Å²) >= 11 is 8.28. The van der Waals surface area contributed by atoms with Crippen molar-refractivity contribution in [3.63, 3.8) is 0 Å². The Labute approximate surface area is 147 Å². The second-order valence-corrected chi connectivity index (χ2v) is 8.82. The fraction of sp³-hybridized carbons (Fsp3) is 1.00. The lowest BCUT2D eigenvalue weighted by Crippen LogP contribution is -2.58. The van der Waals surface area contributed by atoms with Gasteiger partial charge >= 0.3 is 0 Å². The molecule has 8 heteroatoms. The van der Waals surface area contributed by atoms with Gasteiger partial charge in [0.25, 0.3) is 0 Å². The van der Waals surface area contributed by atoms with Crippen LogP contribution in [0.5, 0.6) is 0 Å². The van der Waals surface area contributed by atoms with Gasteiger partial charge in [0.1, 0.15) is 11.7 Å². The summed E-state index contributed by atoms with van der Waals surface area (Å²) in [6.07, 6.45) is 9.04. The highest BCUT2D eigenvalue weighted by molar-refractivity contribution is 8.00. The Morgan fingerprint density at radius 1 is 1.09 bits per heavy atom. The normalized spacial score (nSPS) is 45.3. The van der Waals surface area contributed by atoms with Gasteiger partial charge in [-0.2, -0.15) is 5.01 Å². The Kier molecular flexibility index (Phi) is 5.67. The number of nitrogens with one attached hydrogen (secondary N) is 4. The molecule has 6 unspecified atom stereocenters. The van der Waals surface area contributed by atoms with Crippen molar-refractivity contribution in [2.45, 2.75) is 79.5 Å². The average molecular weight is 362 g/mol. The van der Waals surface area contributed by atoms with Gasteiger partial charge in [-0.1, -0.05) is 19.3 Å². The Morgan fingerprint density at radius 3 is 2.78 bits per heavy atom. The Bertz CT molecular complexity index is 400. The number of piperidine rings is 1. The van der Waals surface area contributed by atoms with E-state index in [1.807, 2.05) is 11.8 Å². The molecule has 1 aliphatic carbocycles. The summed E-state index contributed by atoms with van der Waals surface area (Å²) in [5, 5.41) is 6.44. The van der Waals surface area contributed by atoms with Crippen LogP contribution in [0.15, 0.2) is 0 Å². The number of ether oxygens (including phenoxy) is 1. The van der Waals surface area contributed by atoms with Crippen LogP contribution in [0.3, 0.4) is 0 Å². The molecule has 0 aromatic carbocycles. The standard InChI is InChI=1S/C15H28ClN5OS/c16-10-5-1-2-7-12(10)22-9-13-20-21-14(18-19-15(21)23-13)11-6-3-4-8-17-11/h10-15,17-20H,1-9H2. The van der Waals surface area contributed by atoms with E-state index in [9.17, 15) is 0 Å². The lowest BCUT2D eigenvalue weighted by Gasteiger charge is -2.33. The number of thioether (sulfide) groups is 1. The zero-order chi connectivity index (χ0) is 15.6. The van der Waals surface area contributed by atoms with Crippen molar-refractivity contribution < 1.29 is 4.74 Å². The van der Waals surface area contributed by atoms with E-state index in [2.05, 4.69) is 26.6 Å². The van der Waals surface area contributed by atoms with Crippen LogP contribution in [-0.2, 0) is 4.74 Å². The average Bonchev–Trinajstić information content (AvgIpc) is 3.15. The molecule has 6 atom stereocenters. The third-order valence-corrected chi connectivity index (χ3v) is 6.98. The van der Waals surface area contributed by atoms with Crippen molar-refractivity contribution in [3.8, 4) is 0 Å². The van der Waals surface area contributed by atoms with E-state index in [1.54, 1.807) is 0 Å². The highest BCUT2D eigenvalue weighted by Gasteiger charge is 2.45. The fourth-order valence-electron chi connectivity index (χ4n) is 4.01. The van der Waals surface area contributed by atoms with Crippen LogP contribution in [0.2, 0.25) is 0 Å². The van der Waals surface area contributed by atoms with E-state index < -0.39 is 0 Å². The molecule has 23 heavy (non-hydrogen) atoms. The summed E-state index contributed by atoms with van der Waals surface area (Å²) < 4.78 is 6.12. The van der Waals surface area contributed by atoms with Gasteiger partial charge in [-0.05, 0) is 32.2 Å². The maximum Gasteiger partial charge on any atom is 0.137 e. The van der Waals surface area contributed by atoms with Crippen LogP contribution in [0.4, 0.5) is 0 Å². The minimum atomic E-state index is 0.189. The SMILES string of the molecule is ClC1CCCCC1OCC1NN2C(NNC2C2CCCCN2)S1. The third kappa shape index (κ3) is 3.82. The maximum absolute atomic E-state index is 6.40. The molecule has 4 aliphatic rings. The Balaban J connectivity index is 1.27. The number of hydrazine groups is 2. The van der Waals surface area contributed by atoms with Crippen LogP contribution in [0.1, 0.15) is 44.9 Å². The van der Waals surface area contributed by atoms with Crippen LogP contribution in [0.25, 0.3) is 0 Å². The molecule has 6 nitrogen and oxygen atoms in total. The number of halogens is 1. The fourth-order valence-corrected chi connectivity index (χ4v) is 5.47. The Hall–Kier alpha value is 0.400. The summed E-state index contributed by atoms with van der Waals surface area (Å²) in [6, 6.07) is 0.500. The zero-order valence-corrected chi connectivity index (χ0v) is 15.0. The molecule has 132 valence electrons. The molecule has 0 aromatic heterocycles. The first kappa shape index (κ1) is 16.8. The first-order valence-electron chi connectivity index (χ1n) is 9.01. The van der Waals surface area contributed by atoms with Gasteiger partial charge in [0, 0.05) is 6.04 Å². The molecule has 3 aliphatic heterocycles. The highest BCUT2D eigenvalue weighted by Crippen LogP contribution is 2.32. The molecule has 3 saturated heterocycles. The molecule has 3 heterocycles. The third-order valence-electron chi connectivity index (χ3n) is 5.31. The molecule has 0 aromatic rings. The predicted molar refractivity (Wildman–Crippen MR) is 93.7 cm³/mol. The van der Waals surface area contributed by atoms with Gasteiger partial charge < -0.3 is 10.1 Å². The van der Waals surface area contributed by atoms with Crippen LogP contribution in [-0.4, -0.2) is 52.7 Å². The molecule has 0 radical (unpaired) electrons. The van der Waals surface area contributed by atoms with Crippen molar-refractivity contribution in [2.75, 3.05) is 13.2 Å². The highest BCUT2D eigenvalue weighted by atomic mass is 35.5. The summed E-state index contributed by atoms with van der Waals surface area (Å²) in [4.78, 5) is 0. The van der Waals surface area contributed by atoms with E-state index in [0.717, 1.165) is 26.0 Å². The number of fused-ring (bicyclic) bond motifs is 1. The van der Waals surface area contributed by atoms with E-state index >= 15 is 0 Å². The second kappa shape index (κ2) is 7.74. The van der Waals surface area contributed by atoms with Crippen molar-refractivity contribution in [3.05, 3.63) is 0 Å². The number of hydrogen-bond donors (Lipinski definition) is 4. The minimum Gasteiger partial charge on any atom is -0.374 e. The van der Waals surface area contributed by atoms with Gasteiger partial charge in [-0.15, -0.1) is 23.4 Å². The molecular weight excluding hydrogens is 334 g/mol. The minimum absolute atomic E-state index is 0.189. The topological polar surface area (TPSA) is 60.6 Å². The number of alkyl halides is 1. The molecule has 1 saturated carbocycles. The number of nitrogens with zero attached hydrogens (tertiary/aromatic N) is 1. The predicted octanol–water partition coefficient (Wildman–Crippen LogP) is 1.29. The van der Waals surface area contributed by atoms with Crippen molar-refractivity contribution in [1.82, 2.24) is 26.6 Å². The summed E-state index contributed by atoms with van der Waals surface area (Å²) in [5.74, 6) is 0. The summed E-state index contributed by atoms with van der Waals surface area (Å²) in [6.45, 7) is 1.85. The van der Waals surface area contributed by atoms with Gasteiger partial charge in [-0.3, -0.25) is 0 Å². The monoisotopic (exact) mass is 361 g/mol. The zero-order valence-electron chi connectivity index (χ0n) is 13.5. The quantitative estimate of drug-likeness (QED) is 0.563. The molecule has 4 rings (SSSR count). The van der Waals surface area contributed by atoms with E-state index in [4.69, 9.17) is 16.3 Å². The number of hydrogen-bond acceptors (Lipinski definition) is 7. The van der Waals surface area contributed by atoms with Gasteiger partial charge in [-0.25, -0.2) is 16.3 Å². The van der Waals surface area contributed by atoms with Crippen LogP contribution < -0.4 is 21.6 Å². The molecule has 0 spiro atoms. The second-order valence-electron chi connectivity index (χ2n) is 6.98. The smallest absolute Gasteiger partial charge is 0.137 e. The molecule has 4 N–H and O–H groups in total. The van der Waals surface area contributed by atoms with Crippen molar-refractivity contribution in [2.24, 2.45) is 0 Å². The van der Waals surface area contributed by atoms with Gasteiger partial charge in [0.05, 0.1) is 23.5 Å². The summed E-state index contributed by atoms with van der Waals surface area (Å²) in [7, 11) is 0. The largest absolute Gasteiger partial charge is 0.374 e. The lowest BCUT2D eigenvalue weighted by atomic mass is 9.97. The van der Waals surface area contributed by atoms with Crippen molar-refractivity contribution in [1.29, 1.82) is 0 Å². The van der Waals surface area contributed by atoms with E-state index in [0.29, 0.717) is 17.6 Å². The first-order chi connectivity index (χ1) is 11.3.